The van der Waals surface area contributed by atoms with Crippen LogP contribution in [0.2, 0.25) is 0 Å². The molecule has 0 atom stereocenters. The quantitative estimate of drug-likeness (QED) is 0.742. The minimum absolute atomic E-state index is 0.0718. The fourth-order valence-corrected chi connectivity index (χ4v) is 2.98. The molecule has 0 aromatic carbocycles. The van der Waals surface area contributed by atoms with Gasteiger partial charge in [0.1, 0.15) is 17.8 Å². The first-order chi connectivity index (χ1) is 11.7. The van der Waals surface area contributed by atoms with Gasteiger partial charge < -0.3 is 14.8 Å². The summed E-state index contributed by atoms with van der Waals surface area (Å²) < 4.78 is 3.40. The molecule has 1 fully saturated rings. The monoisotopic (exact) mass is 326 g/mol. The Morgan fingerprint density at radius 1 is 1.25 bits per heavy atom. The molecule has 0 aliphatic carbocycles. The molecule has 4 heterocycles. The van der Waals surface area contributed by atoms with Crippen LogP contribution in [0.3, 0.4) is 0 Å². The fourth-order valence-electron chi connectivity index (χ4n) is 2.98. The summed E-state index contributed by atoms with van der Waals surface area (Å²) in [5.41, 5.74) is 1.31. The van der Waals surface area contributed by atoms with Gasteiger partial charge in [-0.15, -0.1) is 15.3 Å². The van der Waals surface area contributed by atoms with Crippen molar-refractivity contribution < 1.29 is 4.79 Å². The van der Waals surface area contributed by atoms with E-state index in [2.05, 4.69) is 30.5 Å². The number of rotatable bonds is 3. The average Bonchev–Trinajstić information content (AvgIpc) is 3.23. The number of anilines is 1. The van der Waals surface area contributed by atoms with Crippen molar-refractivity contribution in [3.63, 3.8) is 0 Å². The highest BCUT2D eigenvalue weighted by molar-refractivity contribution is 5.92. The van der Waals surface area contributed by atoms with E-state index in [1.807, 2.05) is 19.2 Å². The van der Waals surface area contributed by atoms with Gasteiger partial charge in [-0.05, 0) is 25.0 Å². The Bertz CT molecular complexity index is 861. The van der Waals surface area contributed by atoms with Gasteiger partial charge in [0.05, 0.1) is 12.5 Å². The number of carbonyl (C=O) groups excluding carboxylic acids is 1. The summed E-state index contributed by atoms with van der Waals surface area (Å²) >= 11 is 0. The minimum atomic E-state index is -0.0718. The third-order valence-corrected chi connectivity index (χ3v) is 4.35. The summed E-state index contributed by atoms with van der Waals surface area (Å²) in [6, 6.07) is 4.03. The lowest BCUT2D eigenvalue weighted by Gasteiger charge is -2.33. The molecule has 3 aromatic heterocycles. The third-order valence-electron chi connectivity index (χ3n) is 4.35. The molecule has 0 spiro atoms. The number of aryl methyl sites for hydroxylation is 1. The molecule has 1 amide bonds. The van der Waals surface area contributed by atoms with E-state index in [1.54, 1.807) is 27.9 Å². The van der Waals surface area contributed by atoms with Crippen molar-refractivity contribution in [2.45, 2.75) is 18.9 Å². The van der Waals surface area contributed by atoms with E-state index < -0.39 is 0 Å². The molecule has 124 valence electrons. The number of carbonyl (C=O) groups is 1. The number of nitrogens with one attached hydrogen (secondary N) is 1. The maximum Gasteiger partial charge on any atom is 0.269 e. The van der Waals surface area contributed by atoms with Crippen LogP contribution in [-0.2, 0) is 7.05 Å². The smallest absolute Gasteiger partial charge is 0.269 e. The summed E-state index contributed by atoms with van der Waals surface area (Å²) in [6.07, 6.45) is 6.57. The summed E-state index contributed by atoms with van der Waals surface area (Å²) in [5, 5.41) is 15.4. The van der Waals surface area contributed by atoms with Crippen molar-refractivity contribution in [3.8, 4) is 0 Å². The Balaban J connectivity index is 1.38. The van der Waals surface area contributed by atoms with Gasteiger partial charge in [0.2, 0.25) is 0 Å². The predicted octanol–water partition coefficient (Wildman–Crippen LogP) is 0.257. The first-order valence-corrected chi connectivity index (χ1v) is 7.90. The number of hydrogen-bond donors (Lipinski definition) is 1. The largest absolute Gasteiger partial charge is 0.355 e. The van der Waals surface area contributed by atoms with Gasteiger partial charge in [-0.3, -0.25) is 4.79 Å². The number of amides is 1. The van der Waals surface area contributed by atoms with Gasteiger partial charge in [0.15, 0.2) is 5.65 Å². The lowest BCUT2D eigenvalue weighted by molar-refractivity contribution is 0.0923. The van der Waals surface area contributed by atoms with Crippen molar-refractivity contribution in [2.75, 3.05) is 18.0 Å². The molecule has 0 radical (unpaired) electrons. The van der Waals surface area contributed by atoms with E-state index in [1.165, 1.54) is 0 Å². The Morgan fingerprint density at radius 3 is 2.83 bits per heavy atom. The molecular formula is C15H18N8O. The number of fused-ring (bicyclic) bond motifs is 1. The lowest BCUT2D eigenvalue weighted by Crippen LogP contribution is -2.45. The maximum atomic E-state index is 12.2. The highest BCUT2D eigenvalue weighted by Crippen LogP contribution is 2.18. The van der Waals surface area contributed by atoms with Crippen LogP contribution in [-0.4, -0.2) is 54.4 Å². The maximum absolute atomic E-state index is 12.2. The van der Waals surface area contributed by atoms with Gasteiger partial charge in [-0.1, -0.05) is 0 Å². The number of piperidine rings is 1. The average molecular weight is 326 g/mol. The van der Waals surface area contributed by atoms with Crippen molar-refractivity contribution in [3.05, 3.63) is 36.7 Å². The topological polar surface area (TPSA) is 93.2 Å². The highest BCUT2D eigenvalue weighted by Gasteiger charge is 2.23. The molecule has 3 aromatic rings. The number of imidazole rings is 1. The molecule has 1 aliphatic rings. The zero-order chi connectivity index (χ0) is 16.5. The Hall–Kier alpha value is -2.97. The van der Waals surface area contributed by atoms with Crippen LogP contribution in [0.25, 0.3) is 5.65 Å². The van der Waals surface area contributed by atoms with Crippen LogP contribution in [0, 0.1) is 0 Å². The predicted molar refractivity (Wildman–Crippen MR) is 86.7 cm³/mol. The summed E-state index contributed by atoms with van der Waals surface area (Å²) in [6.45, 7) is 1.69. The van der Waals surface area contributed by atoms with Crippen LogP contribution in [0.5, 0.6) is 0 Å². The van der Waals surface area contributed by atoms with Crippen molar-refractivity contribution >= 4 is 17.4 Å². The van der Waals surface area contributed by atoms with E-state index in [-0.39, 0.29) is 11.9 Å². The second-order valence-electron chi connectivity index (χ2n) is 5.95. The van der Waals surface area contributed by atoms with Crippen LogP contribution < -0.4 is 10.2 Å². The zero-order valence-electron chi connectivity index (χ0n) is 13.3. The van der Waals surface area contributed by atoms with Gasteiger partial charge >= 0.3 is 0 Å². The molecule has 4 rings (SSSR count). The lowest BCUT2D eigenvalue weighted by atomic mass is 10.0. The second-order valence-corrected chi connectivity index (χ2v) is 5.95. The molecule has 24 heavy (non-hydrogen) atoms. The molecular weight excluding hydrogens is 308 g/mol. The van der Waals surface area contributed by atoms with Crippen LogP contribution in [0.4, 0.5) is 5.82 Å². The van der Waals surface area contributed by atoms with E-state index >= 15 is 0 Å². The van der Waals surface area contributed by atoms with Crippen molar-refractivity contribution in [1.82, 2.24) is 34.7 Å². The molecule has 1 saturated heterocycles. The molecule has 1 N–H and O–H groups in total. The number of hydrogen-bond acceptors (Lipinski definition) is 6. The van der Waals surface area contributed by atoms with Gasteiger partial charge in [0, 0.05) is 26.2 Å². The Morgan fingerprint density at radius 2 is 2.08 bits per heavy atom. The van der Waals surface area contributed by atoms with Gasteiger partial charge in [0.25, 0.3) is 5.91 Å². The molecule has 9 nitrogen and oxygen atoms in total. The molecule has 1 aliphatic heterocycles. The first-order valence-electron chi connectivity index (χ1n) is 7.90. The van der Waals surface area contributed by atoms with Crippen LogP contribution in [0.1, 0.15) is 23.3 Å². The second kappa shape index (κ2) is 5.91. The van der Waals surface area contributed by atoms with Crippen LogP contribution in [0.15, 0.2) is 31.0 Å². The normalized spacial score (nSPS) is 15.8. The highest BCUT2D eigenvalue weighted by atomic mass is 16.2. The summed E-state index contributed by atoms with van der Waals surface area (Å²) in [7, 11) is 1.82. The SMILES string of the molecule is Cn1cncc1C(=O)NC1CCN(c2ccc3nncn3n2)CC1. The summed E-state index contributed by atoms with van der Waals surface area (Å²) in [4.78, 5) is 18.4. The minimum Gasteiger partial charge on any atom is -0.355 e. The van der Waals surface area contributed by atoms with Gasteiger partial charge in [-0.2, -0.15) is 4.52 Å². The zero-order valence-corrected chi connectivity index (χ0v) is 13.3. The third kappa shape index (κ3) is 2.68. The van der Waals surface area contributed by atoms with Crippen molar-refractivity contribution in [1.29, 1.82) is 0 Å². The van der Waals surface area contributed by atoms with Gasteiger partial charge in [-0.25, -0.2) is 4.98 Å². The van der Waals surface area contributed by atoms with Crippen LogP contribution >= 0.6 is 0 Å². The Labute approximate surface area is 138 Å². The standard InChI is InChI=1S/C15H18N8O/c1-21-9-16-8-12(21)15(24)18-11-4-6-22(7-5-11)14-3-2-13-19-17-10-23(13)20-14/h2-3,8-11H,4-7H2,1H3,(H,18,24). The number of aromatic nitrogens is 6. The molecule has 0 unspecified atom stereocenters. The van der Waals surface area contributed by atoms with E-state index in [0.717, 1.165) is 37.4 Å². The van der Waals surface area contributed by atoms with E-state index in [4.69, 9.17) is 0 Å². The molecule has 9 heteroatoms. The van der Waals surface area contributed by atoms with Crippen molar-refractivity contribution in [2.24, 2.45) is 7.05 Å². The molecule has 0 saturated carbocycles. The fraction of sp³-hybridized carbons (Fsp3) is 0.400. The van der Waals surface area contributed by atoms with E-state index in [9.17, 15) is 4.79 Å². The first kappa shape index (κ1) is 14.6. The number of nitrogens with zero attached hydrogens (tertiary/aromatic N) is 7. The van der Waals surface area contributed by atoms with E-state index in [0.29, 0.717) is 5.69 Å². The summed E-state index contributed by atoms with van der Waals surface area (Å²) in [5.74, 6) is 0.830. The Kier molecular flexibility index (Phi) is 3.60. The molecule has 0 bridgehead atoms.